The van der Waals surface area contributed by atoms with Crippen molar-refractivity contribution in [3.8, 4) is 0 Å². The molecule has 7 nitrogen and oxygen atoms in total. The normalized spacial score (nSPS) is 14.3. The van der Waals surface area contributed by atoms with Crippen LogP contribution in [-0.2, 0) is 32.6 Å². The van der Waals surface area contributed by atoms with Crippen LogP contribution in [0.4, 0.5) is 14.5 Å². The van der Waals surface area contributed by atoms with Gasteiger partial charge in [0, 0.05) is 42.5 Å². The minimum absolute atomic E-state index is 0.0292. The van der Waals surface area contributed by atoms with Crippen molar-refractivity contribution in [2.75, 3.05) is 17.1 Å². The van der Waals surface area contributed by atoms with Gasteiger partial charge in [0.25, 0.3) is 0 Å². The van der Waals surface area contributed by atoms with Crippen LogP contribution >= 0.6 is 15.9 Å². The minimum Gasteiger partial charge on any atom is -0.352 e. The van der Waals surface area contributed by atoms with Crippen LogP contribution < -0.4 is 9.62 Å². The Morgan fingerprint density at radius 2 is 1.63 bits per heavy atom. The van der Waals surface area contributed by atoms with Crippen molar-refractivity contribution in [2.24, 2.45) is 0 Å². The van der Waals surface area contributed by atoms with Gasteiger partial charge in [0.15, 0.2) is 11.6 Å². The lowest BCUT2D eigenvalue weighted by atomic mass is 10.0. The lowest BCUT2D eigenvalue weighted by Gasteiger charge is -2.33. The number of nitrogens with one attached hydrogen (secondary N) is 1. The van der Waals surface area contributed by atoms with E-state index in [0.29, 0.717) is 6.42 Å². The molecule has 1 atom stereocenters. The fourth-order valence-electron chi connectivity index (χ4n) is 5.35. The molecule has 0 unspecified atom stereocenters. The number of benzene rings is 3. The number of sulfonamides is 1. The summed E-state index contributed by atoms with van der Waals surface area (Å²) in [6, 6.07) is 19.2. The van der Waals surface area contributed by atoms with E-state index in [0.717, 1.165) is 64.0 Å². The summed E-state index contributed by atoms with van der Waals surface area (Å²) in [6.45, 7) is 0.0556. The van der Waals surface area contributed by atoms with Crippen LogP contribution in [0.3, 0.4) is 0 Å². The molecule has 3 aromatic carbocycles. The van der Waals surface area contributed by atoms with Crippen LogP contribution in [0, 0.1) is 11.6 Å². The molecule has 11 heteroatoms. The minimum atomic E-state index is -3.85. The Hall–Kier alpha value is -3.31. The van der Waals surface area contributed by atoms with E-state index in [1.54, 1.807) is 4.90 Å². The van der Waals surface area contributed by atoms with E-state index in [1.165, 1.54) is 6.07 Å². The van der Waals surface area contributed by atoms with E-state index in [-0.39, 0.29) is 49.5 Å². The second-order valence-electron chi connectivity index (χ2n) is 10.9. The van der Waals surface area contributed by atoms with Crippen molar-refractivity contribution in [2.45, 2.75) is 63.6 Å². The molecule has 0 aliphatic heterocycles. The van der Waals surface area contributed by atoms with Crippen molar-refractivity contribution in [1.29, 1.82) is 0 Å². The number of hydrogen-bond acceptors (Lipinski definition) is 4. The number of carbonyl (C=O) groups is 2. The average molecular weight is 677 g/mol. The smallest absolute Gasteiger partial charge is 0.243 e. The van der Waals surface area contributed by atoms with Crippen LogP contribution in [-0.4, -0.2) is 50.0 Å². The Morgan fingerprint density at radius 1 is 0.953 bits per heavy atom. The van der Waals surface area contributed by atoms with Gasteiger partial charge in [-0.2, -0.15) is 0 Å². The Labute approximate surface area is 260 Å². The van der Waals surface area contributed by atoms with E-state index >= 15 is 0 Å². The molecule has 2 amide bonds. The second-order valence-corrected chi connectivity index (χ2v) is 13.7. The first-order chi connectivity index (χ1) is 20.5. The van der Waals surface area contributed by atoms with Crippen LogP contribution in [0.1, 0.15) is 49.7 Å². The molecule has 0 bridgehead atoms. The molecule has 230 valence electrons. The van der Waals surface area contributed by atoms with E-state index in [9.17, 15) is 26.8 Å². The highest BCUT2D eigenvalue weighted by Crippen LogP contribution is 2.23. The molecule has 1 N–H and O–H groups in total. The van der Waals surface area contributed by atoms with Crippen LogP contribution in [0.15, 0.2) is 77.3 Å². The molecule has 0 aromatic heterocycles. The largest absolute Gasteiger partial charge is 0.352 e. The van der Waals surface area contributed by atoms with Crippen molar-refractivity contribution in [3.63, 3.8) is 0 Å². The number of anilines is 1. The number of nitrogens with zero attached hydrogens (tertiary/aromatic N) is 2. The maximum Gasteiger partial charge on any atom is 0.243 e. The predicted octanol–water partition coefficient (Wildman–Crippen LogP) is 5.97. The molecular formula is C32H36BrF2N3O4S. The van der Waals surface area contributed by atoms with Crippen molar-refractivity contribution < 1.29 is 26.8 Å². The monoisotopic (exact) mass is 675 g/mol. The summed E-state index contributed by atoms with van der Waals surface area (Å²) < 4.78 is 54.3. The van der Waals surface area contributed by atoms with Gasteiger partial charge in [0.2, 0.25) is 21.8 Å². The van der Waals surface area contributed by atoms with Crippen LogP contribution in [0.5, 0.6) is 0 Å². The molecule has 1 aliphatic rings. The van der Waals surface area contributed by atoms with Crippen molar-refractivity contribution >= 4 is 43.5 Å². The van der Waals surface area contributed by atoms with E-state index < -0.39 is 27.7 Å². The number of halogens is 3. The SMILES string of the molecule is CS(=O)(=O)N(CCCC(=O)N(Cc1ccc(Br)cc1)[C@H](Cc1ccccc1)C(=O)NC1CCCC1)c1ccc(F)c(F)c1. The first-order valence-corrected chi connectivity index (χ1v) is 17.0. The Balaban J connectivity index is 1.58. The molecule has 1 saturated carbocycles. The number of hydrogen-bond donors (Lipinski definition) is 1. The van der Waals surface area contributed by atoms with Crippen molar-refractivity contribution in [1.82, 2.24) is 10.2 Å². The van der Waals surface area contributed by atoms with E-state index in [4.69, 9.17) is 0 Å². The third kappa shape index (κ3) is 9.34. The lowest BCUT2D eigenvalue weighted by molar-refractivity contribution is -0.141. The molecule has 0 saturated heterocycles. The third-order valence-electron chi connectivity index (χ3n) is 7.58. The van der Waals surface area contributed by atoms with Crippen molar-refractivity contribution in [3.05, 3.63) is 100 Å². The van der Waals surface area contributed by atoms with Crippen LogP contribution in [0.2, 0.25) is 0 Å². The highest BCUT2D eigenvalue weighted by Gasteiger charge is 2.32. The maximum absolute atomic E-state index is 13.9. The Kier molecular flexibility index (Phi) is 11.3. The zero-order valence-electron chi connectivity index (χ0n) is 24.0. The molecule has 3 aromatic rings. The van der Waals surface area contributed by atoms with Gasteiger partial charge in [0.05, 0.1) is 11.9 Å². The molecule has 1 fully saturated rings. The summed E-state index contributed by atoms with van der Waals surface area (Å²) in [6.07, 6.45) is 5.21. The molecule has 0 heterocycles. The zero-order valence-corrected chi connectivity index (χ0v) is 26.4. The zero-order chi connectivity index (χ0) is 31.0. The molecule has 0 radical (unpaired) electrons. The third-order valence-corrected chi connectivity index (χ3v) is 9.30. The number of rotatable bonds is 13. The van der Waals surface area contributed by atoms with E-state index in [2.05, 4.69) is 21.2 Å². The molecule has 1 aliphatic carbocycles. The quantitative estimate of drug-likeness (QED) is 0.242. The average Bonchev–Trinajstić information content (AvgIpc) is 3.48. The Bertz CT molecular complexity index is 1500. The predicted molar refractivity (Wildman–Crippen MR) is 167 cm³/mol. The molecule has 4 rings (SSSR count). The summed E-state index contributed by atoms with van der Waals surface area (Å²) in [5, 5.41) is 3.16. The lowest BCUT2D eigenvalue weighted by Crippen LogP contribution is -2.52. The number of amides is 2. The fraction of sp³-hybridized carbons (Fsp3) is 0.375. The summed E-state index contributed by atoms with van der Waals surface area (Å²) in [5.41, 5.74) is 1.71. The topological polar surface area (TPSA) is 86.8 Å². The first kappa shape index (κ1) is 32.6. The summed E-state index contributed by atoms with van der Waals surface area (Å²) in [7, 11) is -3.85. The van der Waals surface area contributed by atoms with Gasteiger partial charge in [-0.1, -0.05) is 71.2 Å². The van der Waals surface area contributed by atoms with E-state index in [1.807, 2.05) is 54.6 Å². The highest BCUT2D eigenvalue weighted by molar-refractivity contribution is 9.10. The Morgan fingerprint density at radius 3 is 2.26 bits per heavy atom. The number of carbonyl (C=O) groups excluding carboxylic acids is 2. The second kappa shape index (κ2) is 14.9. The van der Waals surface area contributed by atoms with Gasteiger partial charge in [-0.05, 0) is 54.7 Å². The first-order valence-electron chi connectivity index (χ1n) is 14.3. The van der Waals surface area contributed by atoms with Gasteiger partial charge >= 0.3 is 0 Å². The summed E-state index contributed by atoms with van der Waals surface area (Å²) in [4.78, 5) is 29.3. The van der Waals surface area contributed by atoms with Gasteiger partial charge in [-0.3, -0.25) is 13.9 Å². The van der Waals surface area contributed by atoms with Gasteiger partial charge in [-0.15, -0.1) is 0 Å². The van der Waals surface area contributed by atoms with Crippen LogP contribution in [0.25, 0.3) is 0 Å². The highest BCUT2D eigenvalue weighted by atomic mass is 79.9. The fourth-order valence-corrected chi connectivity index (χ4v) is 6.57. The van der Waals surface area contributed by atoms with Gasteiger partial charge in [-0.25, -0.2) is 17.2 Å². The standard InChI is InChI=1S/C32H36BrF2N3O4S/c1-43(41,42)38(27-17-18-28(34)29(35)21-27)19-7-12-31(39)37(22-24-13-15-25(33)16-14-24)30(20-23-8-3-2-4-9-23)32(40)36-26-10-5-6-11-26/h2-4,8-9,13-18,21,26,30H,5-7,10-12,19-20,22H2,1H3,(H,36,40)/t30-/m1/s1. The summed E-state index contributed by atoms with van der Waals surface area (Å²) in [5.74, 6) is -2.79. The molecular weight excluding hydrogens is 640 g/mol. The molecule has 0 spiro atoms. The van der Waals surface area contributed by atoms with Gasteiger partial charge < -0.3 is 10.2 Å². The maximum atomic E-state index is 13.9. The molecule has 43 heavy (non-hydrogen) atoms. The summed E-state index contributed by atoms with van der Waals surface area (Å²) >= 11 is 3.43. The van der Waals surface area contributed by atoms with Gasteiger partial charge in [0.1, 0.15) is 6.04 Å².